The lowest BCUT2D eigenvalue weighted by molar-refractivity contribution is 0.599. The molecule has 12 heavy (non-hydrogen) atoms. The normalized spacial score (nSPS) is 12.3. The van der Waals surface area contributed by atoms with E-state index >= 15 is 0 Å². The molecule has 0 rings (SSSR count). The first-order valence-electron chi connectivity index (χ1n) is 3.59. The van der Waals surface area contributed by atoms with Crippen molar-refractivity contribution in [3.63, 3.8) is 0 Å². The first-order valence-corrected chi connectivity index (χ1v) is 5.13. The van der Waals surface area contributed by atoms with Gasteiger partial charge >= 0.3 is 0 Å². The molecule has 0 radical (unpaired) electrons. The smallest absolute Gasteiger partial charge is 0.197 e. The van der Waals surface area contributed by atoms with Gasteiger partial charge in [-0.3, -0.25) is 5.41 Å². The van der Waals surface area contributed by atoms with Gasteiger partial charge in [-0.1, -0.05) is 0 Å². The van der Waals surface area contributed by atoms with Gasteiger partial charge in [-0.05, 0) is 26.1 Å². The van der Waals surface area contributed by atoms with Crippen LogP contribution in [0.4, 0.5) is 0 Å². The lowest BCUT2D eigenvalue weighted by Crippen LogP contribution is -2.21. The van der Waals surface area contributed by atoms with Crippen LogP contribution in [0.15, 0.2) is 12.3 Å². The molecular formula is C7H14N2O2S. The van der Waals surface area contributed by atoms with Crippen LogP contribution in [0, 0.1) is 5.41 Å². The molecule has 2 N–H and O–H groups in total. The Labute approximate surface area is 73.1 Å². The van der Waals surface area contributed by atoms with E-state index in [2.05, 4.69) is 5.32 Å². The molecule has 0 fully saturated rings. The fourth-order valence-electron chi connectivity index (χ4n) is 0.508. The number of rotatable bonds is 3. The molecule has 4 nitrogen and oxygen atoms in total. The summed E-state index contributed by atoms with van der Waals surface area (Å²) >= 11 is 0. The fourth-order valence-corrected chi connectivity index (χ4v) is 1.27. The second kappa shape index (κ2) is 4.25. The highest BCUT2D eigenvalue weighted by Crippen LogP contribution is 2.02. The fraction of sp³-hybridized carbons (Fsp3) is 0.571. The quantitative estimate of drug-likeness (QED) is 0.503. The van der Waals surface area contributed by atoms with Gasteiger partial charge in [-0.15, -0.1) is 0 Å². The van der Waals surface area contributed by atoms with Crippen LogP contribution in [0.5, 0.6) is 0 Å². The van der Waals surface area contributed by atoms with E-state index in [0.29, 0.717) is 0 Å². The van der Waals surface area contributed by atoms with Crippen molar-refractivity contribution in [1.29, 1.82) is 5.41 Å². The average molecular weight is 190 g/mol. The van der Waals surface area contributed by atoms with Crippen LogP contribution in [-0.2, 0) is 9.84 Å². The molecular weight excluding hydrogens is 176 g/mol. The van der Waals surface area contributed by atoms with Crippen molar-refractivity contribution in [2.24, 2.45) is 0 Å². The highest BCUT2D eigenvalue weighted by molar-refractivity contribution is 8.07. The monoisotopic (exact) mass is 190 g/mol. The minimum atomic E-state index is -3.39. The molecule has 0 saturated carbocycles. The van der Waals surface area contributed by atoms with E-state index in [1.54, 1.807) is 20.9 Å². The van der Waals surface area contributed by atoms with Gasteiger partial charge in [-0.2, -0.15) is 0 Å². The van der Waals surface area contributed by atoms with Crippen LogP contribution in [0.1, 0.15) is 13.8 Å². The van der Waals surface area contributed by atoms with E-state index in [-0.39, 0.29) is 5.04 Å². The predicted molar refractivity (Wildman–Crippen MR) is 50.0 cm³/mol. The number of hydrogen-bond acceptors (Lipinski definition) is 4. The van der Waals surface area contributed by atoms with E-state index in [0.717, 1.165) is 0 Å². The molecule has 0 unspecified atom stereocenters. The van der Waals surface area contributed by atoms with Crippen molar-refractivity contribution in [1.82, 2.24) is 5.32 Å². The Morgan fingerprint density at radius 2 is 2.00 bits per heavy atom. The molecule has 0 bridgehead atoms. The molecule has 0 aromatic heterocycles. The third-order valence-electron chi connectivity index (χ3n) is 1.33. The van der Waals surface area contributed by atoms with Gasteiger partial charge in [0.25, 0.3) is 0 Å². The summed E-state index contributed by atoms with van der Waals surface area (Å²) in [6.45, 7) is 3.11. The molecule has 0 spiro atoms. The Morgan fingerprint density at radius 1 is 1.50 bits per heavy atom. The summed E-state index contributed by atoms with van der Waals surface area (Å²) < 4.78 is 22.5. The zero-order valence-electron chi connectivity index (χ0n) is 7.46. The number of hydrogen-bond donors (Lipinski definition) is 2. The predicted octanol–water partition coefficient (Wildman–Crippen LogP) is 0.520. The standard InChI is InChI=1S/C7H14N2O2S/c1-6(2)12(10,11)7(8)4-5-9-3/h4-6,8-9H,1-3H3/b5-4-,8-7?. The van der Waals surface area contributed by atoms with Crippen LogP contribution in [0.25, 0.3) is 0 Å². The van der Waals surface area contributed by atoms with Gasteiger partial charge in [-0.25, -0.2) is 8.42 Å². The first kappa shape index (κ1) is 11.2. The Balaban J connectivity index is 4.61. The van der Waals surface area contributed by atoms with E-state index in [9.17, 15) is 8.42 Å². The summed E-state index contributed by atoms with van der Waals surface area (Å²) in [7, 11) is -1.75. The summed E-state index contributed by atoms with van der Waals surface area (Å²) in [6, 6.07) is 0. The highest BCUT2D eigenvalue weighted by Gasteiger charge is 2.19. The Bertz CT molecular complexity index is 278. The molecule has 0 amide bonds. The summed E-state index contributed by atoms with van der Waals surface area (Å²) in [5.41, 5.74) is 0. The van der Waals surface area contributed by atoms with Crippen molar-refractivity contribution in [2.45, 2.75) is 19.1 Å². The van der Waals surface area contributed by atoms with Crippen LogP contribution in [-0.4, -0.2) is 25.8 Å². The van der Waals surface area contributed by atoms with E-state index < -0.39 is 15.1 Å². The molecule has 0 saturated heterocycles. The second-order valence-electron chi connectivity index (χ2n) is 2.58. The molecule has 0 aromatic rings. The maximum Gasteiger partial charge on any atom is 0.197 e. The molecule has 0 aromatic carbocycles. The molecule has 70 valence electrons. The molecule has 0 atom stereocenters. The zero-order valence-corrected chi connectivity index (χ0v) is 8.27. The number of sulfone groups is 1. The second-order valence-corrected chi connectivity index (χ2v) is 5.05. The van der Waals surface area contributed by atoms with Crippen LogP contribution in [0.3, 0.4) is 0 Å². The van der Waals surface area contributed by atoms with Gasteiger partial charge < -0.3 is 5.32 Å². The third-order valence-corrected chi connectivity index (χ3v) is 3.32. The van der Waals surface area contributed by atoms with Crippen molar-refractivity contribution in [3.05, 3.63) is 12.3 Å². The van der Waals surface area contributed by atoms with E-state index in [4.69, 9.17) is 5.41 Å². The summed E-state index contributed by atoms with van der Waals surface area (Å²) in [4.78, 5) is 0. The SMILES string of the molecule is CN/C=C\C(=N)S(=O)(=O)C(C)C. The molecule has 0 aliphatic rings. The first-order chi connectivity index (χ1) is 5.42. The molecule has 0 aliphatic heterocycles. The van der Waals surface area contributed by atoms with Gasteiger partial charge in [0.2, 0.25) is 0 Å². The lowest BCUT2D eigenvalue weighted by atomic mass is 10.6. The van der Waals surface area contributed by atoms with Gasteiger partial charge in [0.15, 0.2) is 9.84 Å². The van der Waals surface area contributed by atoms with Gasteiger partial charge in [0, 0.05) is 7.05 Å². The van der Waals surface area contributed by atoms with Crippen molar-refractivity contribution in [2.75, 3.05) is 7.05 Å². The van der Waals surface area contributed by atoms with Crippen LogP contribution < -0.4 is 5.32 Å². The minimum absolute atomic E-state index is 0.355. The zero-order chi connectivity index (χ0) is 9.78. The maximum atomic E-state index is 11.2. The van der Waals surface area contributed by atoms with Crippen molar-refractivity contribution in [3.8, 4) is 0 Å². The molecule has 0 heterocycles. The third kappa shape index (κ3) is 2.65. The van der Waals surface area contributed by atoms with Gasteiger partial charge in [0.05, 0.1) is 5.25 Å². The van der Waals surface area contributed by atoms with E-state index in [1.165, 1.54) is 12.3 Å². The molecule has 5 heteroatoms. The summed E-state index contributed by atoms with van der Waals surface area (Å²) in [6.07, 6.45) is 2.65. The lowest BCUT2D eigenvalue weighted by Gasteiger charge is -2.04. The van der Waals surface area contributed by atoms with Crippen molar-refractivity contribution >= 4 is 14.9 Å². The Kier molecular flexibility index (Phi) is 3.95. The maximum absolute atomic E-state index is 11.2. The topological polar surface area (TPSA) is 70.0 Å². The van der Waals surface area contributed by atoms with Crippen LogP contribution >= 0.6 is 0 Å². The Morgan fingerprint density at radius 3 is 2.33 bits per heavy atom. The van der Waals surface area contributed by atoms with Crippen molar-refractivity contribution < 1.29 is 8.42 Å². The van der Waals surface area contributed by atoms with Crippen LogP contribution in [0.2, 0.25) is 0 Å². The summed E-state index contributed by atoms with van der Waals surface area (Å²) in [5, 5.41) is 8.94. The largest absolute Gasteiger partial charge is 0.394 e. The number of nitrogens with one attached hydrogen (secondary N) is 2. The molecule has 0 aliphatic carbocycles. The average Bonchev–Trinajstić information content (AvgIpc) is 1.99. The minimum Gasteiger partial charge on any atom is -0.394 e. The Hall–Kier alpha value is -0.840. The van der Waals surface area contributed by atoms with E-state index in [1.807, 2.05) is 0 Å². The highest BCUT2D eigenvalue weighted by atomic mass is 32.2. The van der Waals surface area contributed by atoms with Gasteiger partial charge in [0.1, 0.15) is 5.04 Å². The summed E-state index contributed by atoms with van der Waals surface area (Å²) in [5.74, 6) is 0.